The van der Waals surface area contributed by atoms with Crippen molar-refractivity contribution in [2.24, 2.45) is 11.8 Å². The second kappa shape index (κ2) is 4.80. The fourth-order valence-corrected chi connectivity index (χ4v) is 1.99. The van der Waals surface area contributed by atoms with Gasteiger partial charge in [0.1, 0.15) is 5.78 Å². The summed E-state index contributed by atoms with van der Waals surface area (Å²) in [6.45, 7) is 3.89. The molecule has 0 aliphatic heterocycles. The third kappa shape index (κ3) is 3.15. The fraction of sp³-hybridized carbons (Fsp3) is 0.727. The quantitative estimate of drug-likeness (QED) is 0.667. The molecule has 1 rings (SSSR count). The molecule has 0 aromatic rings. The molecule has 0 heterocycles. The molecule has 0 saturated heterocycles. The Labute approximate surface area is 85.2 Å². The van der Waals surface area contributed by atoms with Crippen LogP contribution in [0.2, 0.25) is 0 Å². The minimum atomic E-state index is 0.234. The zero-order valence-electron chi connectivity index (χ0n) is 8.35. The number of Topliss-reactive ketones (excluding diaryl/α,β-unsaturated/α-hetero) is 1. The molecule has 1 saturated carbocycles. The van der Waals surface area contributed by atoms with E-state index < -0.39 is 0 Å². The first kappa shape index (κ1) is 10.8. The predicted molar refractivity (Wildman–Crippen MR) is 55.7 cm³/mol. The van der Waals surface area contributed by atoms with Gasteiger partial charge in [0, 0.05) is 16.9 Å². The van der Waals surface area contributed by atoms with Crippen LogP contribution >= 0.6 is 11.6 Å². The normalized spacial score (nSPS) is 30.7. The molecular weight excluding hydrogens is 184 g/mol. The molecule has 1 aliphatic rings. The van der Waals surface area contributed by atoms with Crippen LogP contribution in [0.15, 0.2) is 11.1 Å². The maximum Gasteiger partial charge on any atom is 0.139 e. The monoisotopic (exact) mass is 200 g/mol. The van der Waals surface area contributed by atoms with Gasteiger partial charge in [-0.05, 0) is 26.2 Å². The second-order valence-corrected chi connectivity index (χ2v) is 4.55. The van der Waals surface area contributed by atoms with Crippen LogP contribution in [0, 0.1) is 11.8 Å². The number of hydrogen-bond donors (Lipinski definition) is 0. The Kier molecular flexibility index (Phi) is 3.98. The lowest BCUT2D eigenvalue weighted by Crippen LogP contribution is -2.26. The zero-order valence-corrected chi connectivity index (χ0v) is 9.10. The van der Waals surface area contributed by atoms with Crippen LogP contribution in [0.1, 0.15) is 39.5 Å². The summed E-state index contributed by atoms with van der Waals surface area (Å²) < 4.78 is 0. The number of hydrogen-bond acceptors (Lipinski definition) is 1. The van der Waals surface area contributed by atoms with E-state index in [2.05, 4.69) is 0 Å². The number of carbonyl (C=O) groups is 1. The molecule has 2 heteroatoms. The topological polar surface area (TPSA) is 17.1 Å². The van der Waals surface area contributed by atoms with Gasteiger partial charge in [-0.1, -0.05) is 31.0 Å². The minimum Gasteiger partial charge on any atom is -0.299 e. The van der Waals surface area contributed by atoms with Crippen molar-refractivity contribution in [3.63, 3.8) is 0 Å². The lowest BCUT2D eigenvalue weighted by Gasteiger charge is -2.24. The molecule has 0 bridgehead atoms. The lowest BCUT2D eigenvalue weighted by atomic mass is 9.79. The molecule has 0 N–H and O–H groups in total. The van der Waals surface area contributed by atoms with E-state index in [4.69, 9.17) is 11.6 Å². The molecule has 2 atom stereocenters. The average molecular weight is 201 g/mol. The van der Waals surface area contributed by atoms with E-state index in [-0.39, 0.29) is 11.8 Å². The van der Waals surface area contributed by atoms with Crippen molar-refractivity contribution < 1.29 is 4.79 Å². The minimum absolute atomic E-state index is 0.234. The summed E-state index contributed by atoms with van der Waals surface area (Å²) >= 11 is 5.73. The highest BCUT2D eigenvalue weighted by atomic mass is 35.5. The van der Waals surface area contributed by atoms with Crippen LogP contribution in [0.3, 0.4) is 0 Å². The van der Waals surface area contributed by atoms with Crippen LogP contribution < -0.4 is 0 Å². The third-order valence-corrected chi connectivity index (χ3v) is 2.92. The molecule has 0 radical (unpaired) electrons. The van der Waals surface area contributed by atoms with Gasteiger partial charge in [0.05, 0.1) is 0 Å². The van der Waals surface area contributed by atoms with E-state index in [1.165, 1.54) is 6.42 Å². The maximum atomic E-state index is 11.7. The number of rotatable bonds is 2. The number of carbonyl (C=O) groups excluding carboxylic acids is 1. The van der Waals surface area contributed by atoms with Gasteiger partial charge in [-0.2, -0.15) is 0 Å². The smallest absolute Gasteiger partial charge is 0.139 e. The van der Waals surface area contributed by atoms with E-state index in [1.54, 1.807) is 0 Å². The summed E-state index contributed by atoms with van der Waals surface area (Å²) in [6.07, 6.45) is 6.09. The third-order valence-electron chi connectivity index (χ3n) is 2.76. The van der Waals surface area contributed by atoms with E-state index in [0.29, 0.717) is 5.78 Å². The highest BCUT2D eigenvalue weighted by Gasteiger charge is 2.26. The van der Waals surface area contributed by atoms with Crippen LogP contribution in [-0.2, 0) is 4.79 Å². The molecule has 74 valence electrons. The van der Waals surface area contributed by atoms with Crippen molar-refractivity contribution in [2.75, 3.05) is 0 Å². The first-order valence-electron chi connectivity index (χ1n) is 4.97. The van der Waals surface area contributed by atoms with Gasteiger partial charge < -0.3 is 0 Å². The molecule has 1 nitrogen and oxygen atoms in total. The van der Waals surface area contributed by atoms with Crippen LogP contribution in [0.4, 0.5) is 0 Å². The van der Waals surface area contributed by atoms with E-state index in [9.17, 15) is 4.79 Å². The molecular formula is C11H17ClO. The highest BCUT2D eigenvalue weighted by Crippen LogP contribution is 2.28. The van der Waals surface area contributed by atoms with Gasteiger partial charge in [0.15, 0.2) is 0 Å². The Hall–Kier alpha value is -0.300. The maximum absolute atomic E-state index is 11.7. The summed E-state index contributed by atoms with van der Waals surface area (Å²) in [5.74, 6) is 0.931. The van der Waals surface area contributed by atoms with Crippen molar-refractivity contribution in [1.82, 2.24) is 0 Å². The summed E-state index contributed by atoms with van der Waals surface area (Å²) in [5, 5.41) is 0.797. The van der Waals surface area contributed by atoms with Crippen LogP contribution in [0.5, 0.6) is 0 Å². The fourth-order valence-electron chi connectivity index (χ4n) is 1.90. The Balaban J connectivity index is 2.49. The summed E-state index contributed by atoms with van der Waals surface area (Å²) in [4.78, 5) is 11.7. The van der Waals surface area contributed by atoms with Crippen molar-refractivity contribution >= 4 is 17.4 Å². The predicted octanol–water partition coefficient (Wildman–Crippen LogP) is 3.52. The summed E-state index contributed by atoms with van der Waals surface area (Å²) in [6, 6.07) is 0. The molecule has 0 spiro atoms. The summed E-state index contributed by atoms with van der Waals surface area (Å²) in [7, 11) is 0. The summed E-state index contributed by atoms with van der Waals surface area (Å²) in [5.41, 5.74) is 0. The SMILES string of the molecule is CC(Cl)=CCC1CCCC(C)C1=O. The Morgan fingerprint density at radius 2 is 2.31 bits per heavy atom. The second-order valence-electron chi connectivity index (χ2n) is 3.96. The molecule has 0 amide bonds. The Morgan fingerprint density at radius 1 is 1.62 bits per heavy atom. The molecule has 13 heavy (non-hydrogen) atoms. The van der Waals surface area contributed by atoms with Crippen LogP contribution in [0.25, 0.3) is 0 Å². The lowest BCUT2D eigenvalue weighted by molar-refractivity contribution is -0.128. The van der Waals surface area contributed by atoms with Crippen LogP contribution in [-0.4, -0.2) is 5.78 Å². The molecule has 2 unspecified atom stereocenters. The van der Waals surface area contributed by atoms with Gasteiger partial charge in [0.25, 0.3) is 0 Å². The first-order chi connectivity index (χ1) is 6.11. The number of ketones is 1. The standard InChI is InChI=1S/C11H17ClO/c1-8-4-3-5-10(11(8)13)7-6-9(2)12/h6,8,10H,3-5,7H2,1-2H3. The Bertz CT molecular complexity index is 216. The largest absolute Gasteiger partial charge is 0.299 e. The van der Waals surface area contributed by atoms with Gasteiger partial charge >= 0.3 is 0 Å². The molecule has 1 aliphatic carbocycles. The Morgan fingerprint density at radius 3 is 2.92 bits per heavy atom. The molecule has 0 aromatic heterocycles. The number of allylic oxidation sites excluding steroid dienone is 2. The highest BCUT2D eigenvalue weighted by molar-refractivity contribution is 6.29. The van der Waals surface area contributed by atoms with Gasteiger partial charge in [-0.15, -0.1) is 0 Å². The van der Waals surface area contributed by atoms with Crippen molar-refractivity contribution in [2.45, 2.75) is 39.5 Å². The van der Waals surface area contributed by atoms with Gasteiger partial charge in [-0.25, -0.2) is 0 Å². The van der Waals surface area contributed by atoms with Crippen molar-refractivity contribution in [3.05, 3.63) is 11.1 Å². The first-order valence-corrected chi connectivity index (χ1v) is 5.35. The van der Waals surface area contributed by atoms with E-state index in [1.807, 2.05) is 19.9 Å². The zero-order chi connectivity index (χ0) is 9.84. The molecule has 0 aromatic carbocycles. The van der Waals surface area contributed by atoms with Gasteiger partial charge in [-0.3, -0.25) is 4.79 Å². The van der Waals surface area contributed by atoms with Crippen molar-refractivity contribution in [1.29, 1.82) is 0 Å². The van der Waals surface area contributed by atoms with E-state index in [0.717, 1.165) is 24.3 Å². The molecule has 1 fully saturated rings. The average Bonchev–Trinajstić information content (AvgIpc) is 2.07. The number of halogens is 1. The van der Waals surface area contributed by atoms with Crippen molar-refractivity contribution in [3.8, 4) is 0 Å². The van der Waals surface area contributed by atoms with Gasteiger partial charge in [0.2, 0.25) is 0 Å². The van der Waals surface area contributed by atoms with E-state index >= 15 is 0 Å².